The summed E-state index contributed by atoms with van der Waals surface area (Å²) in [6, 6.07) is 9.34. The lowest BCUT2D eigenvalue weighted by molar-refractivity contribution is -0.138. The lowest BCUT2D eigenvalue weighted by Crippen LogP contribution is -2.41. The number of carboxylic acid groups (broad SMARTS) is 1. The van der Waals surface area contributed by atoms with Crippen LogP contribution in [0.2, 0.25) is 0 Å². The van der Waals surface area contributed by atoms with Crippen LogP contribution < -0.4 is 0 Å². The molecular weight excluding hydrogens is 320 g/mol. The molecule has 7 heteroatoms. The molecule has 1 amide bonds. The maximum atomic E-state index is 12.1. The Morgan fingerprint density at radius 1 is 1.17 bits per heavy atom. The van der Waals surface area contributed by atoms with Crippen molar-refractivity contribution in [3.63, 3.8) is 0 Å². The Bertz CT molecular complexity index is 492. The molecular formula is C16H23ClN2O4. The van der Waals surface area contributed by atoms with Crippen LogP contribution in [0.1, 0.15) is 18.4 Å². The number of halogens is 1. The number of amides is 1. The number of rotatable bonds is 7. The van der Waals surface area contributed by atoms with Gasteiger partial charge in [0, 0.05) is 13.1 Å². The van der Waals surface area contributed by atoms with Crippen molar-refractivity contribution in [2.24, 2.45) is 0 Å². The Balaban J connectivity index is 0.00000264. The van der Waals surface area contributed by atoms with Gasteiger partial charge in [-0.2, -0.15) is 0 Å². The number of likely N-dealkylation sites (tertiary alicyclic amines) is 1. The van der Waals surface area contributed by atoms with Gasteiger partial charge in [0.05, 0.1) is 0 Å². The summed E-state index contributed by atoms with van der Waals surface area (Å²) in [5, 5.41) is 8.95. The summed E-state index contributed by atoms with van der Waals surface area (Å²) in [7, 11) is 0. The molecule has 1 heterocycles. The molecule has 0 bridgehead atoms. The molecule has 0 aromatic heterocycles. The molecule has 23 heavy (non-hydrogen) atoms. The van der Waals surface area contributed by atoms with E-state index >= 15 is 0 Å². The first-order chi connectivity index (χ1) is 10.6. The summed E-state index contributed by atoms with van der Waals surface area (Å²) in [6.45, 7) is 2.91. The van der Waals surface area contributed by atoms with Crippen LogP contribution in [0.3, 0.4) is 0 Å². The maximum Gasteiger partial charge on any atom is 0.410 e. The molecule has 1 aliphatic heterocycles. The Hall–Kier alpha value is -1.79. The van der Waals surface area contributed by atoms with Crippen LogP contribution in [0.15, 0.2) is 30.3 Å². The van der Waals surface area contributed by atoms with E-state index in [2.05, 4.69) is 4.90 Å². The van der Waals surface area contributed by atoms with Crippen LogP contribution in [0, 0.1) is 0 Å². The number of carbonyl (C=O) groups is 2. The van der Waals surface area contributed by atoms with Crippen molar-refractivity contribution in [3.05, 3.63) is 35.9 Å². The number of carbonyl (C=O) groups excluding carboxylic acids is 1. The molecule has 1 N–H and O–H groups in total. The number of nitrogens with zero attached hydrogens (tertiary/aromatic N) is 2. The second-order valence-corrected chi connectivity index (χ2v) is 5.40. The van der Waals surface area contributed by atoms with Gasteiger partial charge in [-0.05, 0) is 31.5 Å². The van der Waals surface area contributed by atoms with Crippen LogP contribution in [0.4, 0.5) is 4.79 Å². The van der Waals surface area contributed by atoms with Crippen molar-refractivity contribution < 1.29 is 19.4 Å². The normalized spacial score (nSPS) is 14.1. The van der Waals surface area contributed by atoms with Gasteiger partial charge in [0.1, 0.15) is 13.2 Å². The van der Waals surface area contributed by atoms with Gasteiger partial charge < -0.3 is 14.7 Å². The molecule has 0 unspecified atom stereocenters. The van der Waals surface area contributed by atoms with E-state index in [0.29, 0.717) is 13.1 Å². The average molecular weight is 343 g/mol. The minimum Gasteiger partial charge on any atom is -0.480 e. The summed E-state index contributed by atoms with van der Waals surface area (Å²) >= 11 is 0. The fourth-order valence-electron chi connectivity index (χ4n) is 2.48. The van der Waals surface area contributed by atoms with Gasteiger partial charge in [-0.1, -0.05) is 30.3 Å². The predicted molar refractivity (Wildman–Crippen MR) is 88.8 cm³/mol. The second kappa shape index (κ2) is 10.1. The minimum atomic E-state index is -1.03. The van der Waals surface area contributed by atoms with Crippen molar-refractivity contribution >= 4 is 24.5 Å². The third kappa shape index (κ3) is 6.88. The van der Waals surface area contributed by atoms with Crippen molar-refractivity contribution in [3.8, 4) is 0 Å². The maximum absolute atomic E-state index is 12.1. The van der Waals surface area contributed by atoms with E-state index in [1.807, 2.05) is 30.3 Å². The molecule has 0 saturated carbocycles. The Labute approximate surface area is 142 Å². The third-order valence-electron chi connectivity index (χ3n) is 3.67. The van der Waals surface area contributed by atoms with Crippen LogP contribution >= 0.6 is 12.4 Å². The van der Waals surface area contributed by atoms with Crippen LogP contribution in [0.5, 0.6) is 0 Å². The topological polar surface area (TPSA) is 70.1 Å². The van der Waals surface area contributed by atoms with Gasteiger partial charge in [0.2, 0.25) is 0 Å². The van der Waals surface area contributed by atoms with Gasteiger partial charge >= 0.3 is 12.1 Å². The van der Waals surface area contributed by atoms with Crippen LogP contribution in [0.25, 0.3) is 0 Å². The van der Waals surface area contributed by atoms with Crippen molar-refractivity contribution in [1.82, 2.24) is 9.80 Å². The molecule has 1 fully saturated rings. The first-order valence-corrected chi connectivity index (χ1v) is 7.55. The lowest BCUT2D eigenvalue weighted by atomic mass is 10.2. The third-order valence-corrected chi connectivity index (χ3v) is 3.67. The Morgan fingerprint density at radius 2 is 1.83 bits per heavy atom. The number of hydrogen-bond acceptors (Lipinski definition) is 4. The SMILES string of the molecule is Cl.O=C(O)CN(CCN1CCCC1)C(=O)OCc1ccccc1. The summed E-state index contributed by atoms with van der Waals surface area (Å²) in [4.78, 5) is 26.5. The first kappa shape index (κ1) is 19.3. The Kier molecular flexibility index (Phi) is 8.43. The van der Waals surface area contributed by atoms with E-state index in [0.717, 1.165) is 31.5 Å². The van der Waals surface area contributed by atoms with Gasteiger partial charge in [0.25, 0.3) is 0 Å². The number of aliphatic carboxylic acids is 1. The molecule has 0 radical (unpaired) electrons. The molecule has 1 saturated heterocycles. The summed E-state index contributed by atoms with van der Waals surface area (Å²) in [6.07, 6.45) is 1.75. The molecule has 1 aromatic rings. The van der Waals surface area contributed by atoms with Gasteiger partial charge in [0.15, 0.2) is 0 Å². The number of benzene rings is 1. The zero-order valence-electron chi connectivity index (χ0n) is 13.0. The first-order valence-electron chi connectivity index (χ1n) is 7.55. The van der Waals surface area contributed by atoms with E-state index in [1.165, 1.54) is 4.90 Å². The van der Waals surface area contributed by atoms with Gasteiger partial charge in [-0.15, -0.1) is 12.4 Å². The highest BCUT2D eigenvalue weighted by atomic mass is 35.5. The second-order valence-electron chi connectivity index (χ2n) is 5.40. The highest BCUT2D eigenvalue weighted by molar-refractivity contribution is 5.85. The van der Waals surface area contributed by atoms with E-state index in [-0.39, 0.29) is 25.6 Å². The van der Waals surface area contributed by atoms with Crippen LogP contribution in [-0.2, 0) is 16.1 Å². The van der Waals surface area contributed by atoms with Crippen molar-refractivity contribution in [1.29, 1.82) is 0 Å². The predicted octanol–water partition coefficient (Wildman–Crippen LogP) is 2.23. The van der Waals surface area contributed by atoms with Crippen molar-refractivity contribution in [2.75, 3.05) is 32.7 Å². The molecule has 0 aliphatic carbocycles. The largest absolute Gasteiger partial charge is 0.480 e. The monoisotopic (exact) mass is 342 g/mol. The van der Waals surface area contributed by atoms with Gasteiger partial charge in [-0.25, -0.2) is 4.79 Å². The molecule has 0 spiro atoms. The van der Waals surface area contributed by atoms with E-state index in [9.17, 15) is 9.59 Å². The van der Waals surface area contributed by atoms with Crippen molar-refractivity contribution in [2.45, 2.75) is 19.4 Å². The quantitative estimate of drug-likeness (QED) is 0.822. The van der Waals surface area contributed by atoms with Crippen LogP contribution in [-0.4, -0.2) is 59.7 Å². The number of hydrogen-bond donors (Lipinski definition) is 1. The fourth-order valence-corrected chi connectivity index (χ4v) is 2.48. The zero-order chi connectivity index (χ0) is 15.8. The highest BCUT2D eigenvalue weighted by Gasteiger charge is 2.20. The standard InChI is InChI=1S/C16H22N2O4.ClH/c19-15(20)12-18(11-10-17-8-4-5-9-17)16(21)22-13-14-6-2-1-3-7-14;/h1-3,6-7H,4-5,8-13H2,(H,19,20);1H. The number of ether oxygens (including phenoxy) is 1. The summed E-state index contributed by atoms with van der Waals surface area (Å²) in [5.74, 6) is -1.03. The van der Waals surface area contributed by atoms with E-state index in [4.69, 9.17) is 9.84 Å². The Morgan fingerprint density at radius 3 is 2.43 bits per heavy atom. The molecule has 128 valence electrons. The fraction of sp³-hybridized carbons (Fsp3) is 0.500. The minimum absolute atomic E-state index is 0. The molecule has 0 atom stereocenters. The molecule has 2 rings (SSSR count). The van der Waals surface area contributed by atoms with E-state index < -0.39 is 12.1 Å². The molecule has 6 nitrogen and oxygen atoms in total. The summed E-state index contributed by atoms with van der Waals surface area (Å²) in [5.41, 5.74) is 0.880. The molecule has 1 aliphatic rings. The smallest absolute Gasteiger partial charge is 0.410 e. The average Bonchev–Trinajstić information content (AvgIpc) is 3.03. The van der Waals surface area contributed by atoms with E-state index in [1.54, 1.807) is 0 Å². The number of carboxylic acids is 1. The summed E-state index contributed by atoms with van der Waals surface area (Å²) < 4.78 is 5.21. The zero-order valence-corrected chi connectivity index (χ0v) is 13.8. The van der Waals surface area contributed by atoms with Gasteiger partial charge in [-0.3, -0.25) is 9.69 Å². The lowest BCUT2D eigenvalue weighted by Gasteiger charge is -2.23. The highest BCUT2D eigenvalue weighted by Crippen LogP contribution is 2.08. The molecule has 1 aromatic carbocycles.